The third-order valence-corrected chi connectivity index (χ3v) is 5.89. The molecule has 0 atom stereocenters. The number of pyridine rings is 1. The molecule has 0 saturated carbocycles. The second-order valence-corrected chi connectivity index (χ2v) is 8.05. The molecule has 3 heterocycles. The van der Waals surface area contributed by atoms with Gasteiger partial charge in [-0.2, -0.15) is 0 Å². The van der Waals surface area contributed by atoms with Crippen LogP contribution in [0.15, 0.2) is 70.2 Å². The Morgan fingerprint density at radius 3 is 2.54 bits per heavy atom. The van der Waals surface area contributed by atoms with E-state index in [9.17, 15) is 4.79 Å². The quantitative estimate of drug-likeness (QED) is 0.425. The Labute approximate surface area is 173 Å². The van der Waals surface area contributed by atoms with Gasteiger partial charge in [0.15, 0.2) is 0 Å². The number of benzene rings is 1. The Morgan fingerprint density at radius 2 is 1.82 bits per heavy atom. The molecular weight excluding hydrogens is 388 g/mol. The molecule has 6 heteroatoms. The fraction of sp³-hybridized carbons (Fsp3) is 0.136. The number of thioether (sulfide) groups is 1. The normalized spacial score (nSPS) is 15.6. The fourth-order valence-electron chi connectivity index (χ4n) is 2.93. The van der Waals surface area contributed by atoms with Crippen molar-refractivity contribution in [2.24, 2.45) is 0 Å². The Bertz CT molecular complexity index is 1040. The first-order chi connectivity index (χ1) is 13.6. The molecule has 0 radical (unpaired) electrons. The Balaban J connectivity index is 1.52. The molecule has 0 bridgehead atoms. The van der Waals surface area contributed by atoms with Gasteiger partial charge in [-0.15, -0.1) is 0 Å². The van der Waals surface area contributed by atoms with Gasteiger partial charge < -0.3 is 4.42 Å². The first-order valence-corrected chi connectivity index (χ1v) is 10.2. The maximum Gasteiger partial charge on any atom is 0.266 e. The highest BCUT2D eigenvalue weighted by Gasteiger charge is 2.32. The molecule has 1 saturated heterocycles. The van der Waals surface area contributed by atoms with Gasteiger partial charge in [-0.25, -0.2) is 0 Å². The van der Waals surface area contributed by atoms with Crippen LogP contribution in [0, 0.1) is 0 Å². The first kappa shape index (κ1) is 18.7. The summed E-state index contributed by atoms with van der Waals surface area (Å²) in [5, 5.41) is 0. The predicted octanol–water partition coefficient (Wildman–Crippen LogP) is 5.31. The van der Waals surface area contributed by atoms with E-state index in [0.29, 0.717) is 21.5 Å². The van der Waals surface area contributed by atoms with Gasteiger partial charge in [-0.05, 0) is 41.8 Å². The molecule has 0 unspecified atom stereocenters. The van der Waals surface area contributed by atoms with E-state index in [4.69, 9.17) is 16.6 Å². The molecule has 140 valence electrons. The molecule has 0 spiro atoms. The number of furan rings is 1. The molecule has 1 aliphatic rings. The van der Waals surface area contributed by atoms with E-state index in [0.717, 1.165) is 23.3 Å². The minimum atomic E-state index is -0.0999. The molecule has 28 heavy (non-hydrogen) atoms. The largest absolute Gasteiger partial charge is 0.457 e. The molecule has 0 aliphatic carbocycles. The number of aryl methyl sites for hydroxylation is 1. The summed E-state index contributed by atoms with van der Waals surface area (Å²) in [5.74, 6) is 1.32. The van der Waals surface area contributed by atoms with Crippen LogP contribution < -0.4 is 0 Å². The minimum Gasteiger partial charge on any atom is -0.457 e. The van der Waals surface area contributed by atoms with Crippen molar-refractivity contribution in [2.45, 2.75) is 19.9 Å². The monoisotopic (exact) mass is 406 g/mol. The number of carbonyl (C=O) groups excluding carboxylic acids is 1. The first-order valence-electron chi connectivity index (χ1n) is 8.97. The van der Waals surface area contributed by atoms with E-state index in [1.54, 1.807) is 23.4 Å². The molecule has 1 aliphatic heterocycles. The summed E-state index contributed by atoms with van der Waals surface area (Å²) < 4.78 is 6.48. The van der Waals surface area contributed by atoms with E-state index in [-0.39, 0.29) is 5.91 Å². The van der Waals surface area contributed by atoms with Gasteiger partial charge >= 0.3 is 0 Å². The predicted molar refractivity (Wildman–Crippen MR) is 116 cm³/mol. The van der Waals surface area contributed by atoms with Crippen molar-refractivity contribution in [3.8, 4) is 11.3 Å². The van der Waals surface area contributed by atoms with Gasteiger partial charge in [0.1, 0.15) is 15.8 Å². The summed E-state index contributed by atoms with van der Waals surface area (Å²) in [7, 11) is 0. The van der Waals surface area contributed by atoms with Gasteiger partial charge in [-0.1, -0.05) is 55.2 Å². The van der Waals surface area contributed by atoms with E-state index >= 15 is 0 Å². The summed E-state index contributed by atoms with van der Waals surface area (Å²) in [6.45, 7) is 2.57. The third kappa shape index (κ3) is 3.93. The van der Waals surface area contributed by atoms with Crippen LogP contribution in [0.25, 0.3) is 17.4 Å². The number of aromatic nitrogens is 1. The highest BCUT2D eigenvalue weighted by molar-refractivity contribution is 8.26. The number of nitrogens with zero attached hydrogens (tertiary/aromatic N) is 2. The van der Waals surface area contributed by atoms with Gasteiger partial charge in [0.25, 0.3) is 5.91 Å². The zero-order valence-corrected chi connectivity index (χ0v) is 16.9. The molecule has 2 aromatic heterocycles. The minimum absolute atomic E-state index is 0.0999. The zero-order chi connectivity index (χ0) is 19.5. The van der Waals surface area contributed by atoms with Crippen LogP contribution in [0.3, 0.4) is 0 Å². The number of rotatable bonds is 5. The van der Waals surface area contributed by atoms with Gasteiger partial charge in [0, 0.05) is 24.0 Å². The molecule has 1 amide bonds. The topological polar surface area (TPSA) is 46.3 Å². The van der Waals surface area contributed by atoms with E-state index < -0.39 is 0 Å². The summed E-state index contributed by atoms with van der Waals surface area (Å²) in [4.78, 5) is 18.9. The van der Waals surface area contributed by atoms with E-state index in [1.807, 2.05) is 24.3 Å². The third-order valence-electron chi connectivity index (χ3n) is 4.51. The summed E-state index contributed by atoms with van der Waals surface area (Å²) >= 11 is 6.70. The van der Waals surface area contributed by atoms with Crippen LogP contribution in [0.2, 0.25) is 0 Å². The van der Waals surface area contributed by atoms with Crippen LogP contribution in [0.5, 0.6) is 0 Å². The lowest BCUT2D eigenvalue weighted by molar-refractivity contribution is -0.122. The van der Waals surface area contributed by atoms with Gasteiger partial charge in [0.05, 0.1) is 11.4 Å². The lowest BCUT2D eigenvalue weighted by Gasteiger charge is -2.13. The lowest BCUT2D eigenvalue weighted by atomic mass is 10.1. The molecule has 0 N–H and O–H groups in total. The van der Waals surface area contributed by atoms with Crippen molar-refractivity contribution >= 4 is 40.3 Å². The number of thiocarbonyl (C=S) groups is 1. The smallest absolute Gasteiger partial charge is 0.266 e. The number of amides is 1. The van der Waals surface area contributed by atoms with Crippen molar-refractivity contribution in [2.75, 3.05) is 0 Å². The Hall–Kier alpha value is -2.70. The van der Waals surface area contributed by atoms with Crippen LogP contribution in [0.4, 0.5) is 0 Å². The SMILES string of the molecule is CCc1ccc(-c2ccc(/C=C3\SC(=S)N(Cc4ccncc4)C3=O)o2)cc1. The maximum atomic E-state index is 12.8. The highest BCUT2D eigenvalue weighted by Crippen LogP contribution is 2.34. The van der Waals surface area contributed by atoms with Crippen LogP contribution in [0.1, 0.15) is 23.8 Å². The van der Waals surface area contributed by atoms with Crippen molar-refractivity contribution in [1.29, 1.82) is 0 Å². The second kappa shape index (κ2) is 8.12. The maximum absolute atomic E-state index is 12.8. The average molecular weight is 407 g/mol. The molecule has 4 nitrogen and oxygen atoms in total. The van der Waals surface area contributed by atoms with Gasteiger partial charge in [0.2, 0.25) is 0 Å². The molecular formula is C22H18N2O2S2. The molecule has 4 rings (SSSR count). The Morgan fingerprint density at radius 1 is 1.07 bits per heavy atom. The standard InChI is InChI=1S/C22H18N2O2S2/c1-2-15-3-5-17(6-4-15)19-8-7-18(26-19)13-20-21(25)24(22(27)28-20)14-16-9-11-23-12-10-16/h3-13H,2,14H2,1H3/b20-13-. The van der Waals surface area contributed by atoms with Crippen LogP contribution in [-0.2, 0) is 17.8 Å². The van der Waals surface area contributed by atoms with Crippen molar-refractivity contribution < 1.29 is 9.21 Å². The molecule has 3 aromatic rings. The van der Waals surface area contributed by atoms with E-state index in [2.05, 4.69) is 36.2 Å². The number of hydrogen-bond donors (Lipinski definition) is 0. The van der Waals surface area contributed by atoms with E-state index in [1.165, 1.54) is 17.3 Å². The number of carbonyl (C=O) groups is 1. The highest BCUT2D eigenvalue weighted by atomic mass is 32.2. The van der Waals surface area contributed by atoms with Crippen LogP contribution in [-0.4, -0.2) is 20.1 Å². The fourth-order valence-corrected chi connectivity index (χ4v) is 4.16. The number of hydrogen-bond acceptors (Lipinski definition) is 5. The zero-order valence-electron chi connectivity index (χ0n) is 15.3. The van der Waals surface area contributed by atoms with Crippen molar-refractivity contribution in [3.05, 3.63) is 82.7 Å². The van der Waals surface area contributed by atoms with Crippen LogP contribution >= 0.6 is 24.0 Å². The second-order valence-electron chi connectivity index (χ2n) is 6.38. The van der Waals surface area contributed by atoms with Crippen molar-refractivity contribution in [3.63, 3.8) is 0 Å². The summed E-state index contributed by atoms with van der Waals surface area (Å²) in [6, 6.07) is 15.9. The summed E-state index contributed by atoms with van der Waals surface area (Å²) in [6.07, 6.45) is 6.18. The summed E-state index contributed by atoms with van der Waals surface area (Å²) in [5.41, 5.74) is 3.29. The van der Waals surface area contributed by atoms with Crippen molar-refractivity contribution in [1.82, 2.24) is 9.88 Å². The lowest BCUT2D eigenvalue weighted by Crippen LogP contribution is -2.27. The Kier molecular flexibility index (Phi) is 5.41. The molecule has 1 fully saturated rings. The average Bonchev–Trinajstić information content (AvgIpc) is 3.29. The van der Waals surface area contributed by atoms with Gasteiger partial charge in [-0.3, -0.25) is 14.7 Å². The molecule has 1 aromatic carbocycles.